The first-order chi connectivity index (χ1) is 10.6. The summed E-state index contributed by atoms with van der Waals surface area (Å²) in [7, 11) is 0. The Morgan fingerprint density at radius 3 is 2.82 bits per heavy atom. The van der Waals surface area contributed by atoms with Gasteiger partial charge < -0.3 is 20.2 Å². The molecule has 0 aliphatic rings. The van der Waals surface area contributed by atoms with E-state index >= 15 is 0 Å². The van der Waals surface area contributed by atoms with Crippen LogP contribution in [0.4, 0.5) is 4.79 Å². The molecule has 2 aromatic heterocycles. The molecule has 22 heavy (non-hydrogen) atoms. The molecular formula is C15H21N3O3S. The lowest BCUT2D eigenvalue weighted by Gasteiger charge is -2.25. The Kier molecular flexibility index (Phi) is 5.57. The first-order valence-electron chi connectivity index (χ1n) is 7.28. The fourth-order valence-electron chi connectivity index (χ4n) is 1.88. The Balaban J connectivity index is 1.79. The van der Waals surface area contributed by atoms with Crippen LogP contribution < -0.4 is 10.6 Å². The minimum Gasteiger partial charge on any atom is -0.443 e. The van der Waals surface area contributed by atoms with Crippen LogP contribution in [-0.4, -0.2) is 28.3 Å². The average molecular weight is 323 g/mol. The van der Waals surface area contributed by atoms with E-state index in [1.807, 2.05) is 31.4 Å². The van der Waals surface area contributed by atoms with E-state index in [-0.39, 0.29) is 19.1 Å². The largest absolute Gasteiger partial charge is 0.443 e. The summed E-state index contributed by atoms with van der Waals surface area (Å²) in [5.74, 6) is 0.554. The molecule has 7 heteroatoms. The van der Waals surface area contributed by atoms with Crippen molar-refractivity contribution in [3.63, 3.8) is 0 Å². The van der Waals surface area contributed by atoms with Gasteiger partial charge in [0.1, 0.15) is 6.26 Å². The Morgan fingerprint density at radius 1 is 1.41 bits per heavy atom. The minimum atomic E-state index is -0.850. The third kappa shape index (κ3) is 4.32. The van der Waals surface area contributed by atoms with Gasteiger partial charge in [-0.15, -0.1) is 11.3 Å². The lowest BCUT2D eigenvalue weighted by Crippen LogP contribution is -2.45. The molecule has 0 spiro atoms. The standard InChI is InChI=1S/C15H21N3O3S/c1-3-15(20,4-2)10-17-14(19)16-8-11-9-21-13(18-11)12-6-5-7-22-12/h5-7,9,20H,3-4,8,10H2,1-2H3,(H2,16,17,19). The maximum Gasteiger partial charge on any atom is 0.315 e. The number of aliphatic hydroxyl groups is 1. The van der Waals surface area contributed by atoms with Crippen LogP contribution in [0.1, 0.15) is 32.4 Å². The van der Waals surface area contributed by atoms with Crippen LogP contribution in [-0.2, 0) is 6.54 Å². The zero-order chi connectivity index (χ0) is 16.0. The van der Waals surface area contributed by atoms with Crippen molar-refractivity contribution in [2.24, 2.45) is 0 Å². The SMILES string of the molecule is CCC(O)(CC)CNC(=O)NCc1coc(-c2cccs2)n1. The van der Waals surface area contributed by atoms with Gasteiger partial charge in [-0.2, -0.15) is 0 Å². The molecule has 0 radical (unpaired) electrons. The molecule has 0 saturated carbocycles. The molecule has 0 fully saturated rings. The van der Waals surface area contributed by atoms with Crippen LogP contribution in [0, 0.1) is 0 Å². The molecule has 0 aliphatic heterocycles. The van der Waals surface area contributed by atoms with E-state index in [0.717, 1.165) is 4.88 Å². The maximum atomic E-state index is 11.7. The average Bonchev–Trinajstić information content (AvgIpc) is 3.21. The molecule has 0 bridgehead atoms. The van der Waals surface area contributed by atoms with E-state index in [1.54, 1.807) is 11.3 Å². The zero-order valence-electron chi connectivity index (χ0n) is 12.8. The highest BCUT2D eigenvalue weighted by Crippen LogP contribution is 2.23. The number of thiophene rings is 1. The summed E-state index contributed by atoms with van der Waals surface area (Å²) in [5.41, 5.74) is -0.197. The van der Waals surface area contributed by atoms with Gasteiger partial charge in [0.25, 0.3) is 0 Å². The smallest absolute Gasteiger partial charge is 0.315 e. The number of urea groups is 1. The van der Waals surface area contributed by atoms with E-state index in [9.17, 15) is 9.90 Å². The van der Waals surface area contributed by atoms with Crippen molar-refractivity contribution in [3.05, 3.63) is 29.5 Å². The van der Waals surface area contributed by atoms with Gasteiger partial charge in [-0.05, 0) is 24.3 Å². The number of nitrogens with zero attached hydrogens (tertiary/aromatic N) is 1. The highest BCUT2D eigenvalue weighted by Gasteiger charge is 2.22. The summed E-state index contributed by atoms with van der Waals surface area (Å²) in [6, 6.07) is 3.52. The van der Waals surface area contributed by atoms with E-state index in [1.165, 1.54) is 6.26 Å². The minimum absolute atomic E-state index is 0.227. The summed E-state index contributed by atoms with van der Waals surface area (Å²) in [6.07, 6.45) is 2.72. The van der Waals surface area contributed by atoms with Gasteiger partial charge in [0.2, 0.25) is 5.89 Å². The molecule has 3 N–H and O–H groups in total. The molecule has 2 heterocycles. The molecule has 2 rings (SSSR count). The van der Waals surface area contributed by atoms with Crippen molar-refractivity contribution in [3.8, 4) is 10.8 Å². The molecule has 2 aromatic rings. The maximum absolute atomic E-state index is 11.7. The van der Waals surface area contributed by atoms with Crippen LogP contribution in [0.5, 0.6) is 0 Å². The molecule has 0 atom stereocenters. The second-order valence-electron chi connectivity index (χ2n) is 5.09. The molecule has 0 aliphatic carbocycles. The topological polar surface area (TPSA) is 87.4 Å². The fourth-order valence-corrected chi connectivity index (χ4v) is 2.54. The number of carbonyl (C=O) groups excluding carboxylic acids is 1. The monoisotopic (exact) mass is 323 g/mol. The van der Waals surface area contributed by atoms with Gasteiger partial charge in [0, 0.05) is 6.54 Å². The van der Waals surface area contributed by atoms with Gasteiger partial charge in [-0.3, -0.25) is 0 Å². The van der Waals surface area contributed by atoms with E-state index in [4.69, 9.17) is 4.42 Å². The van der Waals surface area contributed by atoms with Crippen molar-refractivity contribution in [2.45, 2.75) is 38.8 Å². The summed E-state index contributed by atoms with van der Waals surface area (Å²) >= 11 is 1.55. The van der Waals surface area contributed by atoms with Gasteiger partial charge >= 0.3 is 6.03 Å². The quantitative estimate of drug-likeness (QED) is 0.731. The summed E-state index contributed by atoms with van der Waals surface area (Å²) < 4.78 is 5.38. The molecule has 2 amide bonds. The fraction of sp³-hybridized carbons (Fsp3) is 0.467. The van der Waals surface area contributed by atoms with Gasteiger partial charge in [-0.25, -0.2) is 9.78 Å². The lowest BCUT2D eigenvalue weighted by atomic mass is 9.98. The number of oxazole rings is 1. The zero-order valence-corrected chi connectivity index (χ0v) is 13.6. The van der Waals surface area contributed by atoms with Gasteiger partial charge in [0.15, 0.2) is 0 Å². The third-order valence-electron chi connectivity index (χ3n) is 3.61. The highest BCUT2D eigenvalue weighted by atomic mass is 32.1. The molecule has 120 valence electrons. The van der Waals surface area contributed by atoms with Crippen molar-refractivity contribution < 1.29 is 14.3 Å². The predicted octanol–water partition coefficient (Wildman–Crippen LogP) is 2.75. The number of aromatic nitrogens is 1. The van der Waals surface area contributed by atoms with Crippen molar-refractivity contribution in [2.75, 3.05) is 6.54 Å². The molecular weight excluding hydrogens is 302 g/mol. The first-order valence-corrected chi connectivity index (χ1v) is 8.16. The van der Waals surface area contributed by atoms with E-state index < -0.39 is 5.60 Å². The molecule has 0 saturated heterocycles. The summed E-state index contributed by atoms with van der Waals surface area (Å²) in [5, 5.41) is 17.4. The second kappa shape index (κ2) is 7.42. The third-order valence-corrected chi connectivity index (χ3v) is 4.47. The van der Waals surface area contributed by atoms with Gasteiger partial charge in [-0.1, -0.05) is 19.9 Å². The van der Waals surface area contributed by atoms with Crippen molar-refractivity contribution in [1.82, 2.24) is 15.6 Å². The number of hydrogen-bond acceptors (Lipinski definition) is 5. The van der Waals surface area contributed by atoms with Crippen LogP contribution in [0.15, 0.2) is 28.2 Å². The van der Waals surface area contributed by atoms with E-state index in [0.29, 0.717) is 24.4 Å². The number of amides is 2. The Bertz CT molecular complexity index is 591. The van der Waals surface area contributed by atoms with Crippen molar-refractivity contribution in [1.29, 1.82) is 0 Å². The number of rotatable bonds is 7. The Morgan fingerprint density at radius 2 is 2.18 bits per heavy atom. The van der Waals surface area contributed by atoms with Gasteiger partial charge in [0.05, 0.1) is 22.7 Å². The van der Waals surface area contributed by atoms with Crippen LogP contribution in [0.3, 0.4) is 0 Å². The Labute approximate surface area is 133 Å². The lowest BCUT2D eigenvalue weighted by molar-refractivity contribution is 0.0349. The van der Waals surface area contributed by atoms with Crippen LogP contribution >= 0.6 is 11.3 Å². The number of nitrogens with one attached hydrogen (secondary N) is 2. The number of carbonyl (C=O) groups is 1. The molecule has 0 unspecified atom stereocenters. The molecule has 6 nitrogen and oxygen atoms in total. The normalized spacial score (nSPS) is 11.4. The molecule has 0 aromatic carbocycles. The Hall–Kier alpha value is -1.86. The predicted molar refractivity (Wildman–Crippen MR) is 85.6 cm³/mol. The van der Waals surface area contributed by atoms with E-state index in [2.05, 4.69) is 15.6 Å². The van der Waals surface area contributed by atoms with Crippen LogP contribution in [0.25, 0.3) is 10.8 Å². The summed E-state index contributed by atoms with van der Waals surface area (Å²) in [6.45, 7) is 4.29. The second-order valence-corrected chi connectivity index (χ2v) is 6.04. The number of hydrogen-bond donors (Lipinski definition) is 3. The highest BCUT2D eigenvalue weighted by molar-refractivity contribution is 7.13. The van der Waals surface area contributed by atoms with Crippen molar-refractivity contribution >= 4 is 17.4 Å². The van der Waals surface area contributed by atoms with Crippen LogP contribution in [0.2, 0.25) is 0 Å². The first kappa shape index (κ1) is 16.5. The summed E-state index contributed by atoms with van der Waals surface area (Å²) in [4.78, 5) is 17.0.